The maximum Gasteiger partial charge on any atom is 0.138 e. The Morgan fingerprint density at radius 1 is 0.971 bits per heavy atom. The third-order valence-corrected chi connectivity index (χ3v) is 5.88. The number of aromatic amines is 1. The summed E-state index contributed by atoms with van der Waals surface area (Å²) in [6.07, 6.45) is 2.41. The van der Waals surface area contributed by atoms with E-state index in [0.29, 0.717) is 23.6 Å². The number of rotatable bonds is 7. The summed E-state index contributed by atoms with van der Waals surface area (Å²) < 4.78 is 6.05. The van der Waals surface area contributed by atoms with Gasteiger partial charge in [-0.15, -0.1) is 0 Å². The van der Waals surface area contributed by atoms with Crippen molar-refractivity contribution >= 4 is 10.9 Å². The van der Waals surface area contributed by atoms with Crippen LogP contribution >= 0.6 is 0 Å². The second-order valence-electron chi connectivity index (χ2n) is 8.43. The number of aromatic nitrogens is 3. The number of ether oxygens (including phenoxy) is 1. The number of H-pyrrole nitrogens is 1. The number of hydrogen-bond donors (Lipinski definition) is 3. The van der Waals surface area contributed by atoms with E-state index in [1.807, 2.05) is 55.5 Å². The van der Waals surface area contributed by atoms with E-state index in [1.165, 1.54) is 5.56 Å². The first-order valence-corrected chi connectivity index (χ1v) is 11.2. The third-order valence-electron chi connectivity index (χ3n) is 5.88. The number of phenols is 1. The molecule has 6 nitrogen and oxygen atoms in total. The van der Waals surface area contributed by atoms with Crippen molar-refractivity contribution in [1.29, 1.82) is 0 Å². The van der Waals surface area contributed by atoms with Crippen molar-refractivity contribution in [3.05, 3.63) is 96.3 Å². The molecule has 5 aromatic rings. The molecule has 0 radical (unpaired) electrons. The molecule has 0 fully saturated rings. The molecule has 2 heterocycles. The van der Waals surface area contributed by atoms with E-state index in [0.717, 1.165) is 34.1 Å². The van der Waals surface area contributed by atoms with E-state index in [4.69, 9.17) is 10.5 Å². The first-order chi connectivity index (χ1) is 16.6. The van der Waals surface area contributed by atoms with Crippen LogP contribution in [-0.4, -0.2) is 32.9 Å². The zero-order valence-corrected chi connectivity index (χ0v) is 18.9. The Balaban J connectivity index is 1.48. The fourth-order valence-electron chi connectivity index (χ4n) is 4.12. The lowest BCUT2D eigenvalue weighted by Crippen LogP contribution is -2.30. The molecule has 2 aromatic heterocycles. The molecule has 0 aliphatic carbocycles. The summed E-state index contributed by atoms with van der Waals surface area (Å²) in [4.78, 5) is 4.69. The third kappa shape index (κ3) is 4.49. The standard InChI is InChI=1S/C28H26N4O2/c1-18-24-14-20(11-12-26(24)32-31-18)25-15-22(16-30-28(25)23-9-5-6-10-27(23)33)34-17-21(29)13-19-7-3-2-4-8-19/h2-12,14-16,21,33H,13,17,29H2,1H3,(H,31,32)/t21-/m1/s1. The lowest BCUT2D eigenvalue weighted by atomic mass is 9.97. The van der Waals surface area contributed by atoms with Gasteiger partial charge in [-0.25, -0.2) is 0 Å². The zero-order valence-electron chi connectivity index (χ0n) is 18.9. The Morgan fingerprint density at radius 2 is 1.76 bits per heavy atom. The van der Waals surface area contributed by atoms with Crippen LogP contribution in [0.3, 0.4) is 0 Å². The normalized spacial score (nSPS) is 12.1. The minimum atomic E-state index is -0.145. The molecular weight excluding hydrogens is 424 g/mol. The van der Waals surface area contributed by atoms with E-state index >= 15 is 0 Å². The first kappa shape index (κ1) is 21.7. The van der Waals surface area contributed by atoms with Crippen LogP contribution in [0.4, 0.5) is 0 Å². The van der Waals surface area contributed by atoms with Gasteiger partial charge in [0, 0.05) is 28.2 Å². The minimum Gasteiger partial charge on any atom is -0.507 e. The van der Waals surface area contributed by atoms with Crippen LogP contribution in [0.5, 0.6) is 11.5 Å². The Kier molecular flexibility index (Phi) is 5.97. The van der Waals surface area contributed by atoms with Crippen LogP contribution in [-0.2, 0) is 6.42 Å². The largest absolute Gasteiger partial charge is 0.507 e. The molecule has 6 heteroatoms. The van der Waals surface area contributed by atoms with Crippen molar-refractivity contribution in [3.8, 4) is 33.9 Å². The van der Waals surface area contributed by atoms with E-state index in [1.54, 1.807) is 18.3 Å². The molecule has 1 atom stereocenters. The lowest BCUT2D eigenvalue weighted by Gasteiger charge is -2.16. The Morgan fingerprint density at radius 3 is 2.59 bits per heavy atom. The van der Waals surface area contributed by atoms with E-state index < -0.39 is 0 Å². The number of aryl methyl sites for hydroxylation is 1. The molecule has 34 heavy (non-hydrogen) atoms. The molecule has 0 bridgehead atoms. The monoisotopic (exact) mass is 450 g/mol. The highest BCUT2D eigenvalue weighted by Crippen LogP contribution is 2.38. The van der Waals surface area contributed by atoms with Crippen molar-refractivity contribution in [2.45, 2.75) is 19.4 Å². The fraction of sp³-hybridized carbons (Fsp3) is 0.143. The predicted molar refractivity (Wildman–Crippen MR) is 135 cm³/mol. The molecular formula is C28H26N4O2. The van der Waals surface area contributed by atoms with Gasteiger partial charge in [0.25, 0.3) is 0 Å². The van der Waals surface area contributed by atoms with Gasteiger partial charge >= 0.3 is 0 Å². The van der Waals surface area contributed by atoms with E-state index in [9.17, 15) is 5.11 Å². The number of pyridine rings is 1. The van der Waals surface area contributed by atoms with Gasteiger partial charge in [0.2, 0.25) is 0 Å². The Labute approximate surface area is 198 Å². The van der Waals surface area contributed by atoms with Gasteiger partial charge in [-0.05, 0) is 54.8 Å². The van der Waals surface area contributed by atoms with Crippen LogP contribution < -0.4 is 10.5 Å². The number of nitrogens with two attached hydrogens (primary N) is 1. The number of para-hydroxylation sites is 1. The zero-order chi connectivity index (χ0) is 23.5. The predicted octanol–water partition coefficient (Wildman–Crippen LogP) is 5.25. The smallest absolute Gasteiger partial charge is 0.138 e. The van der Waals surface area contributed by atoms with Gasteiger partial charge in [0.05, 0.1) is 17.4 Å². The van der Waals surface area contributed by atoms with Crippen LogP contribution in [0.2, 0.25) is 0 Å². The second-order valence-corrected chi connectivity index (χ2v) is 8.43. The summed E-state index contributed by atoms with van der Waals surface area (Å²) in [7, 11) is 0. The average Bonchev–Trinajstić information content (AvgIpc) is 3.24. The van der Waals surface area contributed by atoms with Crippen molar-refractivity contribution in [2.75, 3.05) is 6.61 Å². The second kappa shape index (κ2) is 9.37. The van der Waals surface area contributed by atoms with Crippen LogP contribution in [0.15, 0.2) is 85.1 Å². The summed E-state index contributed by atoms with van der Waals surface area (Å²) in [6.45, 7) is 2.36. The highest BCUT2D eigenvalue weighted by Gasteiger charge is 2.16. The molecule has 0 aliphatic heterocycles. The van der Waals surface area contributed by atoms with Gasteiger partial charge < -0.3 is 15.6 Å². The summed E-state index contributed by atoms with van der Waals surface area (Å²) in [6, 6.07) is 25.2. The summed E-state index contributed by atoms with van der Waals surface area (Å²) >= 11 is 0. The van der Waals surface area contributed by atoms with E-state index in [-0.39, 0.29) is 11.8 Å². The van der Waals surface area contributed by atoms with Crippen LogP contribution in [0.25, 0.3) is 33.3 Å². The summed E-state index contributed by atoms with van der Waals surface area (Å²) in [5.74, 6) is 0.803. The lowest BCUT2D eigenvalue weighted by molar-refractivity contribution is 0.287. The number of phenolic OH excluding ortho intramolecular Hbond substituents is 1. The highest BCUT2D eigenvalue weighted by atomic mass is 16.5. The van der Waals surface area contributed by atoms with Gasteiger partial charge in [0.1, 0.15) is 18.1 Å². The van der Waals surface area contributed by atoms with Gasteiger partial charge in [-0.2, -0.15) is 5.10 Å². The van der Waals surface area contributed by atoms with Crippen molar-refractivity contribution in [1.82, 2.24) is 15.2 Å². The van der Waals surface area contributed by atoms with Crippen molar-refractivity contribution in [2.24, 2.45) is 5.73 Å². The SMILES string of the molecule is Cc1[nH]nc2ccc(-c3cc(OC[C@H](N)Cc4ccccc4)cnc3-c3ccccc3O)cc12. The molecule has 0 unspecified atom stereocenters. The fourth-order valence-corrected chi connectivity index (χ4v) is 4.12. The molecule has 4 N–H and O–H groups in total. The quantitative estimate of drug-likeness (QED) is 0.314. The maximum atomic E-state index is 10.5. The van der Waals surface area contributed by atoms with Crippen LogP contribution in [0, 0.1) is 6.92 Å². The molecule has 0 aliphatic rings. The van der Waals surface area contributed by atoms with Gasteiger partial charge in [0.15, 0.2) is 0 Å². The van der Waals surface area contributed by atoms with Gasteiger partial charge in [-0.1, -0.05) is 48.5 Å². The molecule has 5 rings (SSSR count). The number of fused-ring (bicyclic) bond motifs is 1. The summed E-state index contributed by atoms with van der Waals surface area (Å²) in [5, 5.41) is 18.9. The molecule has 0 saturated carbocycles. The maximum absolute atomic E-state index is 10.5. The highest BCUT2D eigenvalue weighted by molar-refractivity contribution is 5.90. The number of benzene rings is 3. The Hall–Kier alpha value is -4.16. The topological polar surface area (TPSA) is 97.0 Å². The summed E-state index contributed by atoms with van der Waals surface area (Å²) in [5.41, 5.74) is 12.6. The Bertz CT molecular complexity index is 1430. The van der Waals surface area contributed by atoms with E-state index in [2.05, 4.69) is 33.4 Å². The number of nitrogens with one attached hydrogen (secondary N) is 1. The number of aromatic hydroxyl groups is 1. The van der Waals surface area contributed by atoms with Crippen molar-refractivity contribution in [3.63, 3.8) is 0 Å². The minimum absolute atomic E-state index is 0.145. The van der Waals surface area contributed by atoms with Crippen molar-refractivity contribution < 1.29 is 9.84 Å². The molecule has 0 saturated heterocycles. The average molecular weight is 451 g/mol. The molecule has 0 amide bonds. The number of nitrogens with zero attached hydrogens (tertiary/aromatic N) is 2. The molecule has 0 spiro atoms. The molecule has 170 valence electrons. The van der Waals surface area contributed by atoms with Gasteiger partial charge in [-0.3, -0.25) is 10.1 Å². The van der Waals surface area contributed by atoms with Crippen LogP contribution in [0.1, 0.15) is 11.3 Å². The molecule has 3 aromatic carbocycles. The number of hydrogen-bond acceptors (Lipinski definition) is 5. The first-order valence-electron chi connectivity index (χ1n) is 11.2.